The largest absolute Gasteiger partial charge is 0.370 e. The van der Waals surface area contributed by atoms with Crippen LogP contribution >= 0.6 is 0 Å². The van der Waals surface area contributed by atoms with Crippen molar-refractivity contribution in [1.29, 1.82) is 0 Å². The highest BCUT2D eigenvalue weighted by molar-refractivity contribution is 5.80. The summed E-state index contributed by atoms with van der Waals surface area (Å²) in [5.41, 5.74) is 0. The molecule has 2 bridgehead atoms. The minimum absolute atomic E-state index is 0.00955. The van der Waals surface area contributed by atoms with E-state index in [4.69, 9.17) is 4.74 Å². The Kier molecular flexibility index (Phi) is 5.15. The lowest BCUT2D eigenvalue weighted by Crippen LogP contribution is -2.53. The number of hydrogen-bond acceptors (Lipinski definition) is 3. The Bertz CT molecular complexity index is 500. The third kappa shape index (κ3) is 4.27. The zero-order valence-electron chi connectivity index (χ0n) is 15.0. The van der Waals surface area contributed by atoms with E-state index in [1.165, 1.54) is 38.5 Å². The summed E-state index contributed by atoms with van der Waals surface area (Å²) in [6.07, 6.45) is 10.3. The van der Waals surface area contributed by atoms with Crippen LogP contribution in [0, 0.1) is 11.8 Å². The molecular formula is C19H31N3O3. The molecule has 0 spiro atoms. The predicted molar refractivity (Wildman–Crippen MR) is 94.1 cm³/mol. The molecular weight excluding hydrogens is 318 g/mol. The van der Waals surface area contributed by atoms with Crippen LogP contribution in [0.2, 0.25) is 0 Å². The van der Waals surface area contributed by atoms with Crippen molar-refractivity contribution >= 4 is 11.9 Å². The Balaban J connectivity index is 1.28. The van der Waals surface area contributed by atoms with Crippen LogP contribution in [0.25, 0.3) is 0 Å². The van der Waals surface area contributed by atoms with Gasteiger partial charge in [0.2, 0.25) is 5.91 Å². The molecule has 2 aliphatic heterocycles. The van der Waals surface area contributed by atoms with E-state index in [0.29, 0.717) is 25.0 Å². The molecule has 2 saturated carbocycles. The molecule has 0 radical (unpaired) electrons. The first-order valence-corrected chi connectivity index (χ1v) is 10.2. The lowest BCUT2D eigenvalue weighted by Gasteiger charge is -2.34. The number of urea groups is 1. The first kappa shape index (κ1) is 17.1. The Morgan fingerprint density at radius 1 is 1.00 bits per heavy atom. The third-order valence-corrected chi connectivity index (χ3v) is 6.23. The van der Waals surface area contributed by atoms with Gasteiger partial charge in [-0.15, -0.1) is 0 Å². The summed E-state index contributed by atoms with van der Waals surface area (Å²) in [6, 6.07) is 0.345. The highest BCUT2D eigenvalue weighted by Crippen LogP contribution is 2.33. The van der Waals surface area contributed by atoms with Crippen molar-refractivity contribution in [1.82, 2.24) is 15.5 Å². The number of likely N-dealkylation sites (tertiary alicyclic amines) is 1. The Morgan fingerprint density at radius 3 is 2.48 bits per heavy atom. The fourth-order valence-electron chi connectivity index (χ4n) is 4.49. The number of amides is 3. The molecule has 6 heteroatoms. The maximum Gasteiger partial charge on any atom is 0.317 e. The molecule has 3 amide bonds. The van der Waals surface area contributed by atoms with Crippen LogP contribution in [-0.4, -0.2) is 54.7 Å². The van der Waals surface area contributed by atoms with Gasteiger partial charge in [0.05, 0.1) is 18.1 Å². The van der Waals surface area contributed by atoms with Crippen LogP contribution in [0.5, 0.6) is 0 Å². The van der Waals surface area contributed by atoms with Crippen LogP contribution in [0.4, 0.5) is 4.79 Å². The van der Waals surface area contributed by atoms with E-state index in [1.807, 2.05) is 4.90 Å². The molecule has 2 aliphatic carbocycles. The van der Waals surface area contributed by atoms with Crippen LogP contribution in [0.3, 0.4) is 0 Å². The van der Waals surface area contributed by atoms with Crippen LogP contribution in [0.15, 0.2) is 0 Å². The van der Waals surface area contributed by atoms with Gasteiger partial charge in [0.15, 0.2) is 0 Å². The van der Waals surface area contributed by atoms with Crippen LogP contribution in [0.1, 0.15) is 57.8 Å². The number of hydrogen-bond donors (Lipinski definition) is 2. The zero-order chi connectivity index (χ0) is 17.2. The molecule has 4 aliphatic rings. The summed E-state index contributed by atoms with van der Waals surface area (Å²) >= 11 is 0. The average Bonchev–Trinajstić information content (AvgIpc) is 3.41. The van der Waals surface area contributed by atoms with Crippen molar-refractivity contribution in [3.63, 3.8) is 0 Å². The van der Waals surface area contributed by atoms with E-state index in [-0.39, 0.29) is 30.1 Å². The van der Waals surface area contributed by atoms with E-state index < -0.39 is 0 Å². The monoisotopic (exact) mass is 349 g/mol. The van der Waals surface area contributed by atoms with E-state index in [0.717, 1.165) is 25.8 Å². The van der Waals surface area contributed by atoms with E-state index in [9.17, 15) is 9.59 Å². The second-order valence-corrected chi connectivity index (χ2v) is 8.37. The minimum Gasteiger partial charge on any atom is -0.370 e. The number of fused-ring (bicyclic) bond motifs is 2. The van der Waals surface area contributed by atoms with Crippen molar-refractivity contribution in [2.24, 2.45) is 11.8 Å². The van der Waals surface area contributed by atoms with Crippen LogP contribution < -0.4 is 10.6 Å². The molecule has 6 nitrogen and oxygen atoms in total. The minimum atomic E-state index is -0.141. The molecule has 4 fully saturated rings. The van der Waals surface area contributed by atoms with Gasteiger partial charge in [-0.1, -0.05) is 25.7 Å². The van der Waals surface area contributed by atoms with E-state index >= 15 is 0 Å². The summed E-state index contributed by atoms with van der Waals surface area (Å²) in [5, 5.41) is 6.30. The Morgan fingerprint density at radius 2 is 1.76 bits per heavy atom. The summed E-state index contributed by atoms with van der Waals surface area (Å²) in [5.74, 6) is 0.706. The van der Waals surface area contributed by atoms with E-state index in [1.54, 1.807) is 0 Å². The molecule has 4 rings (SSSR count). The number of nitrogens with one attached hydrogen (secondary N) is 2. The number of carbonyl (C=O) groups excluding carboxylic acids is 2. The van der Waals surface area contributed by atoms with Crippen molar-refractivity contribution in [3.05, 3.63) is 0 Å². The Hall–Kier alpha value is -1.30. The lowest BCUT2D eigenvalue weighted by molar-refractivity contribution is -0.127. The van der Waals surface area contributed by atoms with Gasteiger partial charge in [0, 0.05) is 25.7 Å². The molecule has 0 aromatic rings. The highest BCUT2D eigenvalue weighted by Gasteiger charge is 2.46. The maximum absolute atomic E-state index is 12.7. The molecule has 3 atom stereocenters. The molecule has 0 aromatic heterocycles. The SMILES string of the molecule is O=C(NCC1CC1)[C@@H]1C[C@H]2CN(C(=O)NC3CCCCCC3)C[C@@H]1O2. The highest BCUT2D eigenvalue weighted by atomic mass is 16.5. The normalized spacial score (nSPS) is 33.0. The standard InChI is InChI=1S/C19H31N3O3/c23-18(20-10-13-7-8-13)16-9-15-11-22(12-17(16)25-15)19(24)21-14-5-3-1-2-4-6-14/h13-17H,1-12H2,(H,20,23)(H,21,24)/t15-,16+,17-/m0/s1. The Labute approximate surface area is 150 Å². The van der Waals surface area contributed by atoms with Gasteiger partial charge in [-0.2, -0.15) is 0 Å². The molecule has 0 unspecified atom stereocenters. The quantitative estimate of drug-likeness (QED) is 0.763. The zero-order valence-corrected chi connectivity index (χ0v) is 15.0. The average molecular weight is 349 g/mol. The molecule has 0 aromatic carbocycles. The number of rotatable bonds is 4. The number of ether oxygens (including phenoxy) is 1. The molecule has 2 N–H and O–H groups in total. The number of nitrogens with zero attached hydrogens (tertiary/aromatic N) is 1. The van der Waals surface area contributed by atoms with Gasteiger partial charge < -0.3 is 20.3 Å². The first-order chi connectivity index (χ1) is 12.2. The molecule has 140 valence electrons. The predicted octanol–water partition coefficient (Wildman–Crippen LogP) is 2.03. The summed E-state index contributed by atoms with van der Waals surface area (Å²) in [4.78, 5) is 27.0. The van der Waals surface area contributed by atoms with Crippen molar-refractivity contribution in [2.75, 3.05) is 19.6 Å². The molecule has 2 heterocycles. The second kappa shape index (κ2) is 7.52. The molecule has 2 saturated heterocycles. The summed E-state index contributed by atoms with van der Waals surface area (Å²) in [7, 11) is 0. The van der Waals surface area contributed by atoms with Crippen molar-refractivity contribution in [3.8, 4) is 0 Å². The lowest BCUT2D eigenvalue weighted by atomic mass is 9.99. The third-order valence-electron chi connectivity index (χ3n) is 6.23. The fourth-order valence-corrected chi connectivity index (χ4v) is 4.49. The van der Waals surface area contributed by atoms with Gasteiger partial charge in [-0.3, -0.25) is 4.79 Å². The smallest absolute Gasteiger partial charge is 0.317 e. The molecule has 25 heavy (non-hydrogen) atoms. The second-order valence-electron chi connectivity index (χ2n) is 8.37. The van der Waals surface area contributed by atoms with Gasteiger partial charge in [-0.05, 0) is 38.0 Å². The van der Waals surface area contributed by atoms with Crippen LogP contribution in [-0.2, 0) is 9.53 Å². The van der Waals surface area contributed by atoms with Gasteiger partial charge in [0.1, 0.15) is 0 Å². The topological polar surface area (TPSA) is 70.7 Å². The van der Waals surface area contributed by atoms with Gasteiger partial charge >= 0.3 is 6.03 Å². The van der Waals surface area contributed by atoms with Crippen molar-refractivity contribution in [2.45, 2.75) is 76.0 Å². The van der Waals surface area contributed by atoms with Gasteiger partial charge in [-0.25, -0.2) is 4.79 Å². The van der Waals surface area contributed by atoms with Gasteiger partial charge in [0.25, 0.3) is 0 Å². The number of morpholine rings is 1. The first-order valence-electron chi connectivity index (χ1n) is 10.2. The van der Waals surface area contributed by atoms with E-state index in [2.05, 4.69) is 10.6 Å². The van der Waals surface area contributed by atoms with Crippen molar-refractivity contribution < 1.29 is 14.3 Å². The fraction of sp³-hybridized carbons (Fsp3) is 0.895. The summed E-state index contributed by atoms with van der Waals surface area (Å²) < 4.78 is 5.96. The number of carbonyl (C=O) groups is 2. The summed E-state index contributed by atoms with van der Waals surface area (Å²) in [6.45, 7) is 1.95. The maximum atomic E-state index is 12.7.